The number of hydrogen-bond acceptors (Lipinski definition) is 3. The Kier molecular flexibility index (Phi) is 3.70. The summed E-state index contributed by atoms with van der Waals surface area (Å²) in [6.45, 7) is -0.0913. The summed E-state index contributed by atoms with van der Waals surface area (Å²) in [7, 11) is 0. The molecule has 3 amide bonds. The van der Waals surface area contributed by atoms with E-state index in [0.717, 1.165) is 4.90 Å². The molecule has 5 nitrogen and oxygen atoms in total. The number of carbonyl (C=O) groups is 2. The molecule has 1 aromatic rings. The summed E-state index contributed by atoms with van der Waals surface area (Å²) in [6.07, 6.45) is 0. The zero-order valence-corrected chi connectivity index (χ0v) is 11.2. The minimum Gasteiger partial charge on any atom is -0.307 e. The van der Waals surface area contributed by atoms with Gasteiger partial charge in [0, 0.05) is 5.69 Å². The lowest BCUT2D eigenvalue weighted by Gasteiger charge is -2.14. The highest BCUT2D eigenvalue weighted by Crippen LogP contribution is 2.25. The Labute approximate surface area is 118 Å². The first-order chi connectivity index (χ1) is 8.47. The molecule has 1 saturated heterocycles. The molecule has 0 spiro atoms. The maximum absolute atomic E-state index is 11.8. The molecule has 0 unspecified atom stereocenters. The topological polar surface area (TPSA) is 61.4 Å². The van der Waals surface area contributed by atoms with Crippen LogP contribution in [-0.2, 0) is 4.79 Å². The number of urea groups is 1. The van der Waals surface area contributed by atoms with Gasteiger partial charge in [-0.15, -0.1) is 0 Å². The van der Waals surface area contributed by atoms with Crippen LogP contribution >= 0.6 is 35.4 Å². The van der Waals surface area contributed by atoms with E-state index in [-0.39, 0.29) is 17.6 Å². The van der Waals surface area contributed by atoms with E-state index >= 15 is 0 Å². The number of nitrogens with zero attached hydrogens (tertiary/aromatic N) is 1. The standard InChI is InChI=1S/C10H7Cl2N3O2S/c11-6-2-1-5(3-7(6)12)13-9(17)15-4-8(16)14-10(15)18/h1-3H,4H2,(H,13,17)(H,14,16,18). The molecule has 1 heterocycles. The lowest BCUT2D eigenvalue weighted by atomic mass is 10.3. The second-order valence-corrected chi connectivity index (χ2v) is 4.70. The Morgan fingerprint density at radius 1 is 1.39 bits per heavy atom. The van der Waals surface area contributed by atoms with E-state index in [1.54, 1.807) is 12.1 Å². The quantitative estimate of drug-likeness (QED) is 0.782. The van der Waals surface area contributed by atoms with E-state index in [9.17, 15) is 9.59 Å². The maximum Gasteiger partial charge on any atom is 0.328 e. The van der Waals surface area contributed by atoms with Crippen molar-refractivity contribution >= 4 is 58.2 Å². The molecule has 0 atom stereocenters. The van der Waals surface area contributed by atoms with E-state index in [0.29, 0.717) is 15.7 Å². The Balaban J connectivity index is 2.09. The molecule has 1 fully saturated rings. The number of hydrogen-bond donors (Lipinski definition) is 2. The Morgan fingerprint density at radius 2 is 2.11 bits per heavy atom. The number of thiocarbonyl (C=S) groups is 1. The van der Waals surface area contributed by atoms with Crippen molar-refractivity contribution in [1.29, 1.82) is 0 Å². The zero-order chi connectivity index (χ0) is 13.3. The summed E-state index contributed by atoms with van der Waals surface area (Å²) in [5.74, 6) is -0.315. The largest absolute Gasteiger partial charge is 0.328 e. The van der Waals surface area contributed by atoms with Gasteiger partial charge in [0.2, 0.25) is 5.91 Å². The van der Waals surface area contributed by atoms with Crippen LogP contribution in [-0.4, -0.2) is 28.5 Å². The Bertz CT molecular complexity index is 550. The van der Waals surface area contributed by atoms with Gasteiger partial charge in [-0.25, -0.2) is 4.79 Å². The van der Waals surface area contributed by atoms with Crippen LogP contribution in [0.15, 0.2) is 18.2 Å². The van der Waals surface area contributed by atoms with Crippen LogP contribution in [0.3, 0.4) is 0 Å². The molecule has 0 radical (unpaired) electrons. The van der Waals surface area contributed by atoms with Crippen LogP contribution in [0, 0.1) is 0 Å². The molecule has 8 heteroatoms. The summed E-state index contributed by atoms with van der Waals surface area (Å²) < 4.78 is 0. The van der Waals surface area contributed by atoms with Gasteiger partial charge >= 0.3 is 6.03 Å². The van der Waals surface area contributed by atoms with Crippen molar-refractivity contribution < 1.29 is 9.59 Å². The number of benzene rings is 1. The monoisotopic (exact) mass is 303 g/mol. The molecule has 1 aliphatic rings. The third kappa shape index (κ3) is 2.72. The number of amides is 3. The molecule has 18 heavy (non-hydrogen) atoms. The number of anilines is 1. The minimum absolute atomic E-state index is 0.0811. The van der Waals surface area contributed by atoms with Crippen molar-refractivity contribution in [2.75, 3.05) is 11.9 Å². The predicted molar refractivity (Wildman–Crippen MR) is 72.9 cm³/mol. The molecule has 1 aromatic carbocycles. The van der Waals surface area contributed by atoms with Crippen LogP contribution in [0.2, 0.25) is 10.0 Å². The predicted octanol–water partition coefficient (Wildman–Crippen LogP) is 2.24. The van der Waals surface area contributed by atoms with Gasteiger partial charge in [-0.2, -0.15) is 0 Å². The van der Waals surface area contributed by atoms with Gasteiger partial charge in [-0.1, -0.05) is 23.2 Å². The van der Waals surface area contributed by atoms with Crippen molar-refractivity contribution in [3.05, 3.63) is 28.2 Å². The Hall–Kier alpha value is -1.37. The smallest absolute Gasteiger partial charge is 0.307 e. The number of rotatable bonds is 1. The van der Waals surface area contributed by atoms with Crippen molar-refractivity contribution in [1.82, 2.24) is 10.2 Å². The lowest BCUT2D eigenvalue weighted by Crippen LogP contribution is -2.37. The fourth-order valence-electron chi connectivity index (χ4n) is 1.37. The zero-order valence-electron chi connectivity index (χ0n) is 8.87. The molecular formula is C10H7Cl2N3O2S. The molecule has 0 bridgehead atoms. The van der Waals surface area contributed by atoms with E-state index in [4.69, 9.17) is 35.4 Å². The molecule has 94 valence electrons. The summed E-state index contributed by atoms with van der Waals surface area (Å²) in [5, 5.41) is 5.73. The molecule has 2 N–H and O–H groups in total. The average molecular weight is 304 g/mol. The van der Waals surface area contributed by atoms with Gasteiger partial charge in [-0.3, -0.25) is 9.69 Å². The van der Waals surface area contributed by atoms with E-state index in [1.807, 2.05) is 0 Å². The van der Waals surface area contributed by atoms with Gasteiger partial charge < -0.3 is 10.6 Å². The van der Waals surface area contributed by atoms with Gasteiger partial charge in [0.1, 0.15) is 6.54 Å². The summed E-state index contributed by atoms with van der Waals surface area (Å²) in [4.78, 5) is 24.0. The second-order valence-electron chi connectivity index (χ2n) is 3.50. The minimum atomic E-state index is -0.503. The summed E-state index contributed by atoms with van der Waals surface area (Å²) >= 11 is 16.4. The highest BCUT2D eigenvalue weighted by Gasteiger charge is 2.28. The van der Waals surface area contributed by atoms with E-state index in [2.05, 4.69) is 10.6 Å². The number of nitrogens with one attached hydrogen (secondary N) is 2. The van der Waals surface area contributed by atoms with Gasteiger partial charge in [-0.05, 0) is 30.4 Å². The van der Waals surface area contributed by atoms with Gasteiger partial charge in [0.05, 0.1) is 10.0 Å². The van der Waals surface area contributed by atoms with Crippen molar-refractivity contribution in [3.63, 3.8) is 0 Å². The lowest BCUT2D eigenvalue weighted by molar-refractivity contribution is -0.118. The summed E-state index contributed by atoms with van der Waals surface area (Å²) in [5.41, 5.74) is 0.469. The second kappa shape index (κ2) is 5.09. The van der Waals surface area contributed by atoms with Crippen molar-refractivity contribution in [2.24, 2.45) is 0 Å². The number of carbonyl (C=O) groups excluding carboxylic acids is 2. The third-order valence-corrected chi connectivity index (χ3v) is 3.27. The molecule has 0 aliphatic carbocycles. The first-order valence-electron chi connectivity index (χ1n) is 4.85. The molecule has 2 rings (SSSR count). The normalized spacial score (nSPS) is 14.7. The molecular weight excluding hydrogens is 297 g/mol. The van der Waals surface area contributed by atoms with Gasteiger partial charge in [0.25, 0.3) is 0 Å². The first-order valence-corrected chi connectivity index (χ1v) is 6.01. The molecule has 1 aliphatic heterocycles. The van der Waals surface area contributed by atoms with Gasteiger partial charge in [0.15, 0.2) is 5.11 Å². The first kappa shape index (κ1) is 13.1. The maximum atomic E-state index is 11.8. The number of halogens is 2. The van der Waals surface area contributed by atoms with Crippen LogP contribution in [0.1, 0.15) is 0 Å². The van der Waals surface area contributed by atoms with Crippen LogP contribution in [0.5, 0.6) is 0 Å². The summed E-state index contributed by atoms with van der Waals surface area (Å²) in [6, 6.07) is 4.17. The van der Waals surface area contributed by atoms with Crippen molar-refractivity contribution in [3.8, 4) is 0 Å². The molecule has 0 aromatic heterocycles. The third-order valence-electron chi connectivity index (χ3n) is 2.21. The van der Waals surface area contributed by atoms with Crippen LogP contribution in [0.25, 0.3) is 0 Å². The van der Waals surface area contributed by atoms with Crippen LogP contribution in [0.4, 0.5) is 10.5 Å². The fourth-order valence-corrected chi connectivity index (χ4v) is 1.93. The van der Waals surface area contributed by atoms with E-state index < -0.39 is 6.03 Å². The fraction of sp³-hybridized carbons (Fsp3) is 0.100. The SMILES string of the molecule is O=C1CN(C(=O)Nc2ccc(Cl)c(Cl)c2)C(=S)N1. The highest BCUT2D eigenvalue weighted by atomic mass is 35.5. The highest BCUT2D eigenvalue weighted by molar-refractivity contribution is 7.80. The molecule has 0 saturated carbocycles. The Morgan fingerprint density at radius 3 is 2.67 bits per heavy atom. The van der Waals surface area contributed by atoms with E-state index in [1.165, 1.54) is 6.07 Å². The average Bonchev–Trinajstić information content (AvgIpc) is 2.63. The van der Waals surface area contributed by atoms with Crippen LogP contribution < -0.4 is 10.6 Å². The van der Waals surface area contributed by atoms with Crippen molar-refractivity contribution in [2.45, 2.75) is 0 Å².